The molecule has 0 bridgehead atoms. The van der Waals surface area contributed by atoms with Crippen LogP contribution in [0, 0.1) is 6.79 Å². The van der Waals surface area contributed by atoms with Crippen LogP contribution in [0.3, 0.4) is 0 Å². The summed E-state index contributed by atoms with van der Waals surface area (Å²) in [6.45, 7) is 3.13. The van der Waals surface area contributed by atoms with Crippen LogP contribution >= 0.6 is 0 Å². The second kappa shape index (κ2) is 5.10. The molecule has 0 unspecified atom stereocenters. The predicted molar refractivity (Wildman–Crippen MR) is 51.2 cm³/mol. The van der Waals surface area contributed by atoms with Gasteiger partial charge in [0, 0.05) is 0 Å². The summed E-state index contributed by atoms with van der Waals surface area (Å²) in [5, 5.41) is 0. The SMILES string of the molecule is [CH]1OCC(OCc2ccccc2)CO1. The van der Waals surface area contributed by atoms with Crippen LogP contribution in [0.1, 0.15) is 5.56 Å². The molecule has 0 N–H and O–H groups in total. The van der Waals surface area contributed by atoms with Crippen LogP contribution in [-0.2, 0) is 20.8 Å². The third-order valence-corrected chi connectivity index (χ3v) is 2.03. The molecular weight excluding hydrogens is 180 g/mol. The summed E-state index contributed by atoms with van der Waals surface area (Å²) in [5.41, 5.74) is 1.17. The number of hydrogen-bond donors (Lipinski definition) is 0. The summed E-state index contributed by atoms with van der Waals surface area (Å²) in [6, 6.07) is 10.1. The largest absolute Gasteiger partial charge is 0.369 e. The first-order valence-corrected chi connectivity index (χ1v) is 4.65. The molecule has 3 heteroatoms. The van der Waals surface area contributed by atoms with Gasteiger partial charge in [-0.25, -0.2) is 0 Å². The molecule has 1 aliphatic rings. The standard InChI is InChI=1S/C11H13O3/c1-2-4-10(5-3-1)6-14-11-7-12-9-13-8-11/h1-5,9,11H,6-8H2. The smallest absolute Gasteiger partial charge is 0.209 e. The molecule has 0 amide bonds. The van der Waals surface area contributed by atoms with E-state index in [1.165, 1.54) is 12.4 Å². The molecule has 1 fully saturated rings. The minimum absolute atomic E-state index is 0.0419. The van der Waals surface area contributed by atoms with Crippen LogP contribution in [0.15, 0.2) is 30.3 Å². The van der Waals surface area contributed by atoms with Crippen molar-refractivity contribution in [1.82, 2.24) is 0 Å². The topological polar surface area (TPSA) is 27.7 Å². The molecular formula is C11H13O3. The third kappa shape index (κ3) is 2.80. The molecule has 1 heterocycles. The van der Waals surface area contributed by atoms with Crippen molar-refractivity contribution in [3.05, 3.63) is 42.7 Å². The number of hydrogen-bond acceptors (Lipinski definition) is 3. The van der Waals surface area contributed by atoms with Gasteiger partial charge in [-0.1, -0.05) is 30.3 Å². The molecule has 1 aromatic rings. The van der Waals surface area contributed by atoms with Crippen molar-refractivity contribution in [1.29, 1.82) is 0 Å². The Kier molecular flexibility index (Phi) is 3.51. The summed E-state index contributed by atoms with van der Waals surface area (Å²) < 4.78 is 15.6. The van der Waals surface area contributed by atoms with Crippen LogP contribution in [0.4, 0.5) is 0 Å². The second-order valence-corrected chi connectivity index (χ2v) is 3.18. The minimum atomic E-state index is 0.0419. The van der Waals surface area contributed by atoms with Crippen LogP contribution in [0.5, 0.6) is 0 Å². The van der Waals surface area contributed by atoms with Gasteiger partial charge in [0.25, 0.3) is 0 Å². The highest BCUT2D eigenvalue weighted by Crippen LogP contribution is 2.08. The van der Waals surface area contributed by atoms with E-state index in [1.54, 1.807) is 0 Å². The molecule has 2 rings (SSSR count). The average molecular weight is 193 g/mol. The molecule has 3 nitrogen and oxygen atoms in total. The summed E-state index contributed by atoms with van der Waals surface area (Å²) in [5.74, 6) is 0. The van der Waals surface area contributed by atoms with Gasteiger partial charge in [0.05, 0.1) is 19.8 Å². The molecule has 14 heavy (non-hydrogen) atoms. The Bertz CT molecular complexity index is 254. The zero-order valence-corrected chi connectivity index (χ0v) is 7.89. The molecule has 0 spiro atoms. The maximum absolute atomic E-state index is 5.60. The van der Waals surface area contributed by atoms with Crippen LogP contribution in [0.2, 0.25) is 0 Å². The molecule has 0 aromatic heterocycles. The number of benzene rings is 1. The first kappa shape index (κ1) is 9.65. The molecule has 1 aliphatic heterocycles. The van der Waals surface area contributed by atoms with Crippen molar-refractivity contribution in [2.24, 2.45) is 0 Å². The van der Waals surface area contributed by atoms with Gasteiger partial charge < -0.3 is 14.2 Å². The fraction of sp³-hybridized carbons (Fsp3) is 0.364. The molecule has 0 aliphatic carbocycles. The second-order valence-electron chi connectivity index (χ2n) is 3.18. The summed E-state index contributed by atoms with van der Waals surface area (Å²) in [7, 11) is 0. The van der Waals surface area contributed by atoms with Gasteiger partial charge in [0.2, 0.25) is 6.79 Å². The molecule has 1 radical (unpaired) electrons. The lowest BCUT2D eigenvalue weighted by Gasteiger charge is -2.21. The first-order valence-electron chi connectivity index (χ1n) is 4.65. The van der Waals surface area contributed by atoms with Gasteiger partial charge >= 0.3 is 0 Å². The summed E-state index contributed by atoms with van der Waals surface area (Å²) in [4.78, 5) is 0. The zero-order valence-electron chi connectivity index (χ0n) is 7.89. The van der Waals surface area contributed by atoms with E-state index in [1.807, 2.05) is 30.3 Å². The molecule has 0 atom stereocenters. The monoisotopic (exact) mass is 193 g/mol. The Morgan fingerprint density at radius 2 is 1.86 bits per heavy atom. The van der Waals surface area contributed by atoms with E-state index >= 15 is 0 Å². The third-order valence-electron chi connectivity index (χ3n) is 2.03. The van der Waals surface area contributed by atoms with E-state index in [4.69, 9.17) is 14.2 Å². The maximum Gasteiger partial charge on any atom is 0.209 e. The Balaban J connectivity index is 1.76. The van der Waals surface area contributed by atoms with Gasteiger partial charge in [0.1, 0.15) is 6.10 Å². The van der Waals surface area contributed by atoms with Gasteiger partial charge in [-0.05, 0) is 5.56 Å². The maximum atomic E-state index is 5.60. The van der Waals surface area contributed by atoms with E-state index in [2.05, 4.69) is 0 Å². The summed E-state index contributed by atoms with van der Waals surface area (Å²) >= 11 is 0. The minimum Gasteiger partial charge on any atom is -0.369 e. The fourth-order valence-electron chi connectivity index (χ4n) is 1.27. The van der Waals surface area contributed by atoms with Gasteiger partial charge in [-0.2, -0.15) is 0 Å². The van der Waals surface area contributed by atoms with Crippen molar-refractivity contribution < 1.29 is 14.2 Å². The zero-order chi connectivity index (χ0) is 9.64. The van der Waals surface area contributed by atoms with Gasteiger partial charge in [0.15, 0.2) is 0 Å². The van der Waals surface area contributed by atoms with Crippen LogP contribution < -0.4 is 0 Å². The highest BCUT2D eigenvalue weighted by molar-refractivity contribution is 5.13. The van der Waals surface area contributed by atoms with Crippen molar-refractivity contribution in [2.45, 2.75) is 12.7 Å². The fourth-order valence-corrected chi connectivity index (χ4v) is 1.27. The molecule has 1 saturated heterocycles. The first-order chi connectivity index (χ1) is 6.95. The molecule has 1 aromatic carbocycles. The van der Waals surface area contributed by atoms with Crippen molar-refractivity contribution in [3.63, 3.8) is 0 Å². The highest BCUT2D eigenvalue weighted by Gasteiger charge is 2.14. The van der Waals surface area contributed by atoms with E-state index < -0.39 is 0 Å². The Labute approximate surface area is 83.6 Å². The Morgan fingerprint density at radius 1 is 1.14 bits per heavy atom. The van der Waals surface area contributed by atoms with Gasteiger partial charge in [-0.15, -0.1) is 0 Å². The van der Waals surface area contributed by atoms with Crippen LogP contribution in [-0.4, -0.2) is 19.3 Å². The van der Waals surface area contributed by atoms with Crippen molar-refractivity contribution >= 4 is 0 Å². The predicted octanol–water partition coefficient (Wildman–Crippen LogP) is 1.74. The number of rotatable bonds is 3. The van der Waals surface area contributed by atoms with Crippen LogP contribution in [0.25, 0.3) is 0 Å². The molecule has 0 saturated carbocycles. The lowest BCUT2D eigenvalue weighted by Crippen LogP contribution is -2.29. The summed E-state index contributed by atoms with van der Waals surface area (Å²) in [6.07, 6.45) is 0.0419. The van der Waals surface area contributed by atoms with E-state index in [0.717, 1.165) is 0 Å². The Morgan fingerprint density at radius 3 is 2.57 bits per heavy atom. The lowest BCUT2D eigenvalue weighted by molar-refractivity contribution is -0.127. The van der Waals surface area contributed by atoms with Crippen molar-refractivity contribution in [2.75, 3.05) is 13.2 Å². The van der Waals surface area contributed by atoms with Crippen molar-refractivity contribution in [3.8, 4) is 0 Å². The molecule has 75 valence electrons. The van der Waals surface area contributed by atoms with Gasteiger partial charge in [-0.3, -0.25) is 0 Å². The highest BCUT2D eigenvalue weighted by atomic mass is 16.7. The number of ether oxygens (including phenoxy) is 3. The van der Waals surface area contributed by atoms with E-state index in [9.17, 15) is 0 Å². The Hall–Kier alpha value is -0.900. The van der Waals surface area contributed by atoms with E-state index in [0.29, 0.717) is 19.8 Å². The lowest BCUT2D eigenvalue weighted by atomic mass is 10.2. The normalized spacial score (nSPS) is 18.3. The quantitative estimate of drug-likeness (QED) is 0.731. The average Bonchev–Trinajstić information content (AvgIpc) is 2.29. The van der Waals surface area contributed by atoms with E-state index in [-0.39, 0.29) is 6.10 Å².